The van der Waals surface area contributed by atoms with Crippen molar-refractivity contribution >= 4 is 33.9 Å². The van der Waals surface area contributed by atoms with Crippen LogP contribution in [0, 0.1) is 28.1 Å². The van der Waals surface area contributed by atoms with E-state index in [-0.39, 0.29) is 5.41 Å². The molecule has 0 aliphatic carbocycles. The Morgan fingerprint density at radius 1 is 1.32 bits per heavy atom. The lowest BCUT2D eigenvalue weighted by Crippen LogP contribution is -2.44. The van der Waals surface area contributed by atoms with E-state index in [0.717, 1.165) is 0 Å². The third-order valence-electron chi connectivity index (χ3n) is 6.46. The Hall–Kier alpha value is -4.05. The summed E-state index contributed by atoms with van der Waals surface area (Å²) in [5, 5.41) is 29.2. The van der Waals surface area contributed by atoms with E-state index in [0.29, 0.717) is 61.8 Å². The van der Waals surface area contributed by atoms with Gasteiger partial charge in [0.05, 0.1) is 51.2 Å². The van der Waals surface area contributed by atoms with Crippen molar-refractivity contribution in [2.24, 2.45) is 5.41 Å². The average Bonchev–Trinajstić information content (AvgIpc) is 3.41. The first-order valence-electron chi connectivity index (χ1n) is 13.0. The Morgan fingerprint density at radius 2 is 2.05 bits per heavy atom. The smallest absolute Gasteiger partial charge is 0.111 e. The lowest BCUT2D eigenvalue weighted by Gasteiger charge is -2.25. The number of allylic oxidation sites excluding steroid dienone is 3. The van der Waals surface area contributed by atoms with Gasteiger partial charge >= 0.3 is 0 Å². The zero-order valence-corrected chi connectivity index (χ0v) is 24.5. The Kier molecular flexibility index (Phi) is 9.81. The summed E-state index contributed by atoms with van der Waals surface area (Å²) in [7, 11) is 0. The molecule has 8 nitrogen and oxygen atoms in total. The molecule has 0 saturated carbocycles. The molecule has 1 aromatic carbocycles. The Morgan fingerprint density at radius 3 is 2.65 bits per heavy atom. The van der Waals surface area contributed by atoms with Crippen LogP contribution in [0.3, 0.4) is 0 Å². The highest BCUT2D eigenvalue weighted by atomic mass is 35.5. The van der Waals surface area contributed by atoms with Crippen molar-refractivity contribution in [3.05, 3.63) is 76.3 Å². The summed E-state index contributed by atoms with van der Waals surface area (Å²) in [4.78, 5) is 4.44. The second-order valence-electron chi connectivity index (χ2n) is 10.9. The van der Waals surface area contributed by atoms with Crippen molar-refractivity contribution in [3.63, 3.8) is 0 Å². The molecule has 0 radical (unpaired) electrons. The summed E-state index contributed by atoms with van der Waals surface area (Å²) in [5.74, 6) is 0. The molecule has 0 saturated heterocycles. The SMILES string of the molecule is C=C(/C(C)=C(C#N)\C=C/C)[C@H](Nc1cc(Cl)c2ncc(C#N)c(NCC(C)(C)C)c2c1)C1=CN([C@@H](C)CF)NN1. The number of benzene rings is 1. The zero-order chi connectivity index (χ0) is 29.6. The lowest BCUT2D eigenvalue weighted by molar-refractivity contribution is 0.178. The summed E-state index contributed by atoms with van der Waals surface area (Å²) in [6.45, 7) is 16.2. The van der Waals surface area contributed by atoms with Crippen LogP contribution in [-0.4, -0.2) is 35.3 Å². The first-order chi connectivity index (χ1) is 18.9. The van der Waals surface area contributed by atoms with E-state index < -0.39 is 18.8 Å². The molecule has 40 heavy (non-hydrogen) atoms. The predicted octanol–water partition coefficient (Wildman–Crippen LogP) is 6.49. The van der Waals surface area contributed by atoms with Gasteiger partial charge in [-0.1, -0.05) is 45.0 Å². The fourth-order valence-corrected chi connectivity index (χ4v) is 4.36. The monoisotopic (exact) mass is 562 g/mol. The number of hydrogen-bond donors (Lipinski definition) is 4. The molecule has 10 heteroatoms. The standard InChI is InChI=1S/C30H36ClFN8/c1-8-9-21(13-33)19(3)20(4)27(26-16-40(39-38-26)18(2)12-32)37-23-10-24-28(36-17-30(5,6)7)22(14-34)15-35-29(24)25(31)11-23/h8-11,15-16,18,27,37-39H,4,12,17H2,1-3,5-7H3,(H,35,36)/b9-8-,21-19+/t18-,27-/m0/s1. The third kappa shape index (κ3) is 6.93. The fourth-order valence-electron chi connectivity index (χ4n) is 4.10. The maximum atomic E-state index is 13.4. The molecule has 0 unspecified atom stereocenters. The summed E-state index contributed by atoms with van der Waals surface area (Å²) in [6, 6.07) is 7.16. The number of rotatable bonds is 10. The largest absolute Gasteiger partial charge is 0.383 e. The molecule has 210 valence electrons. The van der Waals surface area contributed by atoms with Gasteiger partial charge in [0.15, 0.2) is 0 Å². The van der Waals surface area contributed by atoms with Crippen molar-refractivity contribution in [1.82, 2.24) is 21.0 Å². The average molecular weight is 563 g/mol. The minimum absolute atomic E-state index is 0.0315. The van der Waals surface area contributed by atoms with Gasteiger partial charge in [0, 0.05) is 30.0 Å². The van der Waals surface area contributed by atoms with E-state index >= 15 is 0 Å². The van der Waals surface area contributed by atoms with Crippen LogP contribution >= 0.6 is 11.6 Å². The molecule has 3 rings (SSSR count). The molecule has 2 heterocycles. The molecular formula is C30H36ClFN8. The van der Waals surface area contributed by atoms with Crippen molar-refractivity contribution in [1.29, 1.82) is 10.5 Å². The fraction of sp³-hybridized carbons (Fsp3) is 0.367. The first kappa shape index (κ1) is 30.5. The van der Waals surface area contributed by atoms with Crippen LogP contribution in [0.5, 0.6) is 0 Å². The molecule has 2 aromatic rings. The quantitative estimate of drug-likeness (QED) is 0.192. The van der Waals surface area contributed by atoms with Gasteiger partial charge in [-0.3, -0.25) is 9.99 Å². The van der Waals surface area contributed by atoms with Gasteiger partial charge in [-0.15, -0.1) is 5.53 Å². The molecule has 4 N–H and O–H groups in total. The van der Waals surface area contributed by atoms with Crippen LogP contribution in [0.4, 0.5) is 15.8 Å². The minimum atomic E-state index is -0.546. The number of aromatic nitrogens is 1. The van der Waals surface area contributed by atoms with E-state index in [2.05, 4.69) is 66.1 Å². The van der Waals surface area contributed by atoms with Crippen LogP contribution in [0.2, 0.25) is 5.02 Å². The second kappa shape index (κ2) is 12.9. The molecule has 0 bridgehead atoms. The number of alkyl halides is 1. The van der Waals surface area contributed by atoms with Crippen molar-refractivity contribution in [3.8, 4) is 12.1 Å². The van der Waals surface area contributed by atoms with Gasteiger partial charge in [0.2, 0.25) is 0 Å². The normalized spacial score (nSPS) is 15.6. The second-order valence-corrected chi connectivity index (χ2v) is 11.3. The van der Waals surface area contributed by atoms with Crippen LogP contribution in [0.15, 0.2) is 65.7 Å². The maximum Gasteiger partial charge on any atom is 0.111 e. The molecule has 1 aliphatic rings. The summed E-state index contributed by atoms with van der Waals surface area (Å²) in [6.07, 6.45) is 6.83. The van der Waals surface area contributed by atoms with Crippen LogP contribution < -0.4 is 21.6 Å². The summed E-state index contributed by atoms with van der Waals surface area (Å²) < 4.78 is 13.4. The number of hydrogen-bond acceptors (Lipinski definition) is 8. The number of fused-ring (bicyclic) bond motifs is 1. The highest BCUT2D eigenvalue weighted by molar-refractivity contribution is 6.35. The van der Waals surface area contributed by atoms with Gasteiger partial charge in [-0.25, -0.2) is 4.39 Å². The van der Waals surface area contributed by atoms with E-state index in [1.807, 2.05) is 19.9 Å². The van der Waals surface area contributed by atoms with Gasteiger partial charge in [-0.05, 0) is 55.5 Å². The predicted molar refractivity (Wildman–Crippen MR) is 161 cm³/mol. The molecule has 2 atom stereocenters. The topological polar surface area (TPSA) is 112 Å². The molecule has 1 aliphatic heterocycles. The Balaban J connectivity index is 2.14. The van der Waals surface area contributed by atoms with Gasteiger partial charge in [-0.2, -0.15) is 10.5 Å². The Labute approximate surface area is 240 Å². The molecule has 1 aromatic heterocycles. The first-order valence-corrected chi connectivity index (χ1v) is 13.3. The Bertz CT molecular complexity index is 1460. The number of anilines is 2. The van der Waals surface area contributed by atoms with Crippen molar-refractivity contribution in [2.75, 3.05) is 23.9 Å². The lowest BCUT2D eigenvalue weighted by atomic mass is 9.94. The summed E-state index contributed by atoms with van der Waals surface area (Å²) in [5.41, 5.74) is 10.8. The highest BCUT2D eigenvalue weighted by Gasteiger charge is 2.27. The van der Waals surface area contributed by atoms with E-state index in [9.17, 15) is 14.9 Å². The van der Waals surface area contributed by atoms with Gasteiger partial charge < -0.3 is 16.1 Å². The molecule has 0 amide bonds. The minimum Gasteiger partial charge on any atom is -0.383 e. The number of halogens is 2. The molecular weight excluding hydrogens is 527 g/mol. The summed E-state index contributed by atoms with van der Waals surface area (Å²) >= 11 is 6.71. The molecule has 0 spiro atoms. The number of nitrogens with zero attached hydrogens (tertiary/aromatic N) is 4. The number of pyridine rings is 1. The van der Waals surface area contributed by atoms with Crippen molar-refractivity contribution in [2.45, 2.75) is 53.6 Å². The van der Waals surface area contributed by atoms with E-state index in [1.54, 1.807) is 36.4 Å². The van der Waals surface area contributed by atoms with Crippen LogP contribution in [0.1, 0.15) is 47.1 Å². The number of nitrogens with one attached hydrogen (secondary N) is 4. The number of hydrazine groups is 2. The van der Waals surface area contributed by atoms with Gasteiger partial charge in [0.1, 0.15) is 12.7 Å². The van der Waals surface area contributed by atoms with E-state index in [4.69, 9.17) is 11.6 Å². The third-order valence-corrected chi connectivity index (χ3v) is 6.74. The highest BCUT2D eigenvalue weighted by Crippen LogP contribution is 2.35. The molecule has 0 fully saturated rings. The van der Waals surface area contributed by atoms with Crippen LogP contribution in [0.25, 0.3) is 10.9 Å². The number of nitriles is 2. The van der Waals surface area contributed by atoms with Gasteiger partial charge in [0.25, 0.3) is 0 Å². The maximum absolute atomic E-state index is 13.4. The van der Waals surface area contributed by atoms with Crippen molar-refractivity contribution < 1.29 is 4.39 Å². The van der Waals surface area contributed by atoms with Crippen LogP contribution in [-0.2, 0) is 0 Å². The zero-order valence-electron chi connectivity index (χ0n) is 23.8. The van der Waals surface area contributed by atoms with E-state index in [1.165, 1.54) is 6.20 Å².